The van der Waals surface area contributed by atoms with Gasteiger partial charge in [0.1, 0.15) is 0 Å². The topological polar surface area (TPSA) is 66.5 Å². The molecule has 0 spiro atoms. The Kier molecular flexibility index (Phi) is 11.0. The zero-order chi connectivity index (χ0) is 28.6. The first-order valence-electron chi connectivity index (χ1n) is 13.3. The Morgan fingerprint density at radius 1 is 0.821 bits per heavy atom. The highest BCUT2D eigenvalue weighted by Gasteiger charge is 2.43. The maximum absolute atomic E-state index is 16.6. The van der Waals surface area contributed by atoms with E-state index in [4.69, 9.17) is 0 Å². The van der Waals surface area contributed by atoms with Gasteiger partial charge in [0.05, 0.1) is 26.7 Å². The summed E-state index contributed by atoms with van der Waals surface area (Å²) in [5, 5.41) is 0. The normalized spacial score (nSPS) is 15.7. The van der Waals surface area contributed by atoms with Crippen LogP contribution in [0, 0.1) is 5.92 Å². The molecule has 212 valence electrons. The molecule has 0 heterocycles. The van der Waals surface area contributed by atoms with Gasteiger partial charge in [0, 0.05) is 19.1 Å². The lowest BCUT2D eigenvalue weighted by Gasteiger charge is -2.40. The van der Waals surface area contributed by atoms with Crippen LogP contribution in [0.25, 0.3) is 0 Å². The summed E-state index contributed by atoms with van der Waals surface area (Å²) in [6, 6.07) is 25.6. The molecule has 3 aromatic rings. The molecule has 8 heteroatoms. The zero-order valence-corrected chi connectivity index (χ0v) is 25.1. The highest BCUT2D eigenvalue weighted by molar-refractivity contribution is 7.92. The van der Waals surface area contributed by atoms with Gasteiger partial charge in [0.25, 0.3) is 0 Å². The molecule has 3 aromatic carbocycles. The van der Waals surface area contributed by atoms with E-state index in [2.05, 4.69) is 9.62 Å². The lowest BCUT2D eigenvalue weighted by molar-refractivity contribution is 0.109. The number of halogens is 1. The van der Waals surface area contributed by atoms with Gasteiger partial charge >= 0.3 is 0 Å². The monoisotopic (exact) mass is 572 g/mol. The van der Waals surface area contributed by atoms with Crippen molar-refractivity contribution in [3.63, 3.8) is 0 Å². The predicted molar refractivity (Wildman–Crippen MR) is 159 cm³/mol. The van der Waals surface area contributed by atoms with Gasteiger partial charge in [0.15, 0.2) is 0 Å². The van der Waals surface area contributed by atoms with E-state index in [1.807, 2.05) is 74.5 Å². The Morgan fingerprint density at radius 2 is 1.26 bits per heavy atom. The summed E-state index contributed by atoms with van der Waals surface area (Å²) in [5.74, 6) is 0.128. The fraction of sp³-hybridized carbons (Fsp3) is 0.419. The van der Waals surface area contributed by atoms with E-state index >= 15 is 4.39 Å². The van der Waals surface area contributed by atoms with Gasteiger partial charge in [-0.05, 0) is 56.4 Å². The van der Waals surface area contributed by atoms with Crippen LogP contribution in [0.15, 0.2) is 95.9 Å². The van der Waals surface area contributed by atoms with Crippen molar-refractivity contribution >= 4 is 20.8 Å². The van der Waals surface area contributed by atoms with Crippen LogP contribution < -0.4 is 4.72 Å². The molecule has 1 unspecified atom stereocenters. The Morgan fingerprint density at radius 3 is 1.67 bits per heavy atom. The molecule has 0 bridgehead atoms. The van der Waals surface area contributed by atoms with Gasteiger partial charge in [-0.2, -0.15) is 0 Å². The Balaban J connectivity index is 2.13. The molecule has 0 saturated heterocycles. The summed E-state index contributed by atoms with van der Waals surface area (Å²) in [4.78, 5) is 2.03. The second-order valence-corrected chi connectivity index (χ2v) is 15.3. The van der Waals surface area contributed by atoms with Crippen LogP contribution in [0.1, 0.15) is 52.2 Å². The first-order chi connectivity index (χ1) is 18.4. The number of rotatable bonds is 13. The summed E-state index contributed by atoms with van der Waals surface area (Å²) in [6.45, 7) is 10.4. The smallest absolute Gasteiger partial charge is 0.222 e. The van der Waals surface area contributed by atoms with Crippen molar-refractivity contribution in [2.75, 3.05) is 0 Å². The zero-order valence-electron chi connectivity index (χ0n) is 23.5. The third kappa shape index (κ3) is 8.80. The number of nitrogens with zero attached hydrogens (tertiary/aromatic N) is 1. The molecule has 0 aromatic heterocycles. The van der Waals surface area contributed by atoms with Crippen molar-refractivity contribution in [2.45, 2.75) is 81.4 Å². The van der Waals surface area contributed by atoms with E-state index in [0.717, 1.165) is 11.1 Å². The number of alkyl halides is 1. The molecule has 0 aliphatic rings. The average Bonchev–Trinajstić information content (AvgIpc) is 2.90. The number of nitrogens with one attached hydrogen (secondary N) is 1. The minimum absolute atomic E-state index is 0.0909. The summed E-state index contributed by atoms with van der Waals surface area (Å²) >= 11 is 0. The molecule has 1 N–H and O–H groups in total. The number of hydrogen-bond donors (Lipinski definition) is 1. The quantitative estimate of drug-likeness (QED) is 0.261. The first-order valence-corrected chi connectivity index (χ1v) is 16.0. The molecule has 0 amide bonds. The van der Waals surface area contributed by atoms with E-state index < -0.39 is 43.2 Å². The molecule has 0 radical (unpaired) electrons. The van der Waals surface area contributed by atoms with Gasteiger partial charge < -0.3 is 0 Å². The maximum Gasteiger partial charge on any atom is 0.222 e. The largest absolute Gasteiger partial charge is 0.290 e. The molecule has 0 saturated carbocycles. The second-order valence-electron chi connectivity index (χ2n) is 11.3. The van der Waals surface area contributed by atoms with Gasteiger partial charge in [-0.15, -0.1) is 0 Å². The Hall–Kier alpha value is -2.39. The molecule has 0 aliphatic carbocycles. The highest BCUT2D eigenvalue weighted by atomic mass is 32.2. The van der Waals surface area contributed by atoms with Crippen LogP contribution in [0.4, 0.5) is 4.39 Å². The van der Waals surface area contributed by atoms with Gasteiger partial charge in [-0.3, -0.25) is 4.90 Å². The Labute approximate surface area is 236 Å². The van der Waals surface area contributed by atoms with Gasteiger partial charge in [0.2, 0.25) is 15.3 Å². The minimum Gasteiger partial charge on any atom is -0.290 e. The van der Waals surface area contributed by atoms with E-state index in [-0.39, 0.29) is 10.8 Å². The molecule has 4 atom stereocenters. The van der Waals surface area contributed by atoms with Crippen molar-refractivity contribution in [1.82, 2.24) is 9.62 Å². The van der Waals surface area contributed by atoms with Crippen LogP contribution in [0.2, 0.25) is 0 Å². The first kappa shape index (κ1) is 31.1. The van der Waals surface area contributed by atoms with Crippen molar-refractivity contribution < 1.29 is 17.0 Å². The summed E-state index contributed by atoms with van der Waals surface area (Å²) in [6.07, 6.45) is 0.503. The molecule has 0 aliphatic heterocycles. The van der Waals surface area contributed by atoms with Crippen LogP contribution in [0.3, 0.4) is 0 Å². The van der Waals surface area contributed by atoms with Gasteiger partial charge in [-0.25, -0.2) is 21.7 Å². The molecule has 5 nitrogen and oxygen atoms in total. The maximum atomic E-state index is 16.6. The van der Waals surface area contributed by atoms with Crippen LogP contribution >= 0.6 is 0 Å². The SMILES string of the molecule is CC(C)C[C@@H]([C@@H](N[S@](=O)C(C)(C)C)C(F)S(=O)(=O)c1ccccc1)N(Cc1ccccc1)Cc1ccccc1. The molecular weight excluding hydrogens is 531 g/mol. The van der Waals surface area contributed by atoms with E-state index in [0.29, 0.717) is 19.5 Å². The van der Waals surface area contributed by atoms with E-state index in [9.17, 15) is 12.6 Å². The third-order valence-corrected chi connectivity index (χ3v) is 9.92. The van der Waals surface area contributed by atoms with Crippen LogP contribution in [-0.4, -0.2) is 39.9 Å². The van der Waals surface area contributed by atoms with E-state index in [1.165, 1.54) is 12.1 Å². The second kappa shape index (κ2) is 13.8. The summed E-state index contributed by atoms with van der Waals surface area (Å²) < 4.78 is 59.4. The standard InChI is InChI=1S/C31H41FN2O3S2/c1-24(2)21-28(34(22-25-15-9-6-10-16-25)23-26-17-11-7-12-18-26)29(33-38(35)31(3,4)5)30(32)39(36,37)27-19-13-8-14-20-27/h6-20,24,28-30,33H,21-23H2,1-5H3/t28-,29+,30?,38+/m0/s1. The summed E-state index contributed by atoms with van der Waals surface area (Å²) in [5.41, 5.74) is -0.262. The van der Waals surface area contributed by atoms with E-state index in [1.54, 1.807) is 39.0 Å². The lowest BCUT2D eigenvalue weighted by atomic mass is 9.95. The average molecular weight is 573 g/mol. The molecule has 39 heavy (non-hydrogen) atoms. The molecular formula is C31H41FN2O3S2. The number of sulfone groups is 1. The van der Waals surface area contributed by atoms with Crippen molar-refractivity contribution in [1.29, 1.82) is 0 Å². The van der Waals surface area contributed by atoms with Gasteiger partial charge in [-0.1, -0.05) is 92.7 Å². The predicted octanol–water partition coefficient (Wildman–Crippen LogP) is 6.29. The fourth-order valence-electron chi connectivity index (χ4n) is 4.47. The van der Waals surface area contributed by atoms with Crippen LogP contribution in [0.5, 0.6) is 0 Å². The molecule has 3 rings (SSSR count). The lowest BCUT2D eigenvalue weighted by Crippen LogP contribution is -2.58. The Bertz CT molecular complexity index is 1240. The summed E-state index contributed by atoms with van der Waals surface area (Å²) in [7, 11) is -6.08. The number of benzene rings is 3. The van der Waals surface area contributed by atoms with Crippen molar-refractivity contribution in [2.24, 2.45) is 5.92 Å². The minimum atomic E-state index is -4.38. The fourth-order valence-corrected chi connectivity index (χ4v) is 6.87. The highest BCUT2D eigenvalue weighted by Crippen LogP contribution is 2.29. The number of hydrogen-bond acceptors (Lipinski definition) is 4. The van der Waals surface area contributed by atoms with Crippen LogP contribution in [-0.2, 0) is 33.9 Å². The van der Waals surface area contributed by atoms with Crippen molar-refractivity contribution in [3.8, 4) is 0 Å². The third-order valence-electron chi connectivity index (χ3n) is 6.50. The molecule has 0 fully saturated rings. The van der Waals surface area contributed by atoms with Crippen molar-refractivity contribution in [3.05, 3.63) is 102 Å².